The van der Waals surface area contributed by atoms with Crippen molar-refractivity contribution in [3.8, 4) is 11.5 Å². The van der Waals surface area contributed by atoms with Gasteiger partial charge in [-0.25, -0.2) is 0 Å². The van der Waals surface area contributed by atoms with Gasteiger partial charge in [-0.2, -0.15) is 0 Å². The molecule has 0 aromatic heterocycles. The van der Waals surface area contributed by atoms with Gasteiger partial charge in [-0.1, -0.05) is 31.4 Å². The van der Waals surface area contributed by atoms with Gasteiger partial charge in [0.15, 0.2) is 11.5 Å². The normalized spacial score (nSPS) is 15.2. The van der Waals surface area contributed by atoms with E-state index in [1.54, 1.807) is 6.07 Å². The van der Waals surface area contributed by atoms with E-state index in [1.165, 1.54) is 0 Å². The zero-order chi connectivity index (χ0) is 11.5. The predicted octanol–water partition coefficient (Wildman–Crippen LogP) is 3.26. The van der Waals surface area contributed by atoms with Gasteiger partial charge >= 0.3 is 0 Å². The number of hydrogen-bond donors (Lipinski definition) is 1. The SMILES string of the molecule is CCCC[C@H](N)c1cc2c(cc1Cl)OCO2. The van der Waals surface area contributed by atoms with Crippen LogP contribution in [0.25, 0.3) is 0 Å². The van der Waals surface area contributed by atoms with Gasteiger partial charge in [0, 0.05) is 17.1 Å². The molecule has 0 unspecified atom stereocenters. The summed E-state index contributed by atoms with van der Waals surface area (Å²) in [6.07, 6.45) is 3.18. The van der Waals surface area contributed by atoms with Gasteiger partial charge in [0.2, 0.25) is 6.79 Å². The predicted molar refractivity (Wildman–Crippen MR) is 64.0 cm³/mol. The van der Waals surface area contributed by atoms with Crippen molar-refractivity contribution in [3.63, 3.8) is 0 Å². The number of unbranched alkanes of at least 4 members (excludes halogenated alkanes) is 1. The summed E-state index contributed by atoms with van der Waals surface area (Å²) < 4.78 is 10.6. The minimum absolute atomic E-state index is 0.0260. The molecule has 0 fully saturated rings. The Morgan fingerprint density at radius 1 is 1.38 bits per heavy atom. The Balaban J connectivity index is 2.20. The molecule has 16 heavy (non-hydrogen) atoms. The van der Waals surface area contributed by atoms with Crippen molar-refractivity contribution in [1.82, 2.24) is 0 Å². The molecular weight excluding hydrogens is 226 g/mol. The zero-order valence-corrected chi connectivity index (χ0v) is 10.1. The minimum Gasteiger partial charge on any atom is -0.454 e. The summed E-state index contributed by atoms with van der Waals surface area (Å²) >= 11 is 6.17. The molecule has 0 aliphatic carbocycles. The third kappa shape index (κ3) is 2.25. The topological polar surface area (TPSA) is 44.5 Å². The van der Waals surface area contributed by atoms with Crippen molar-refractivity contribution >= 4 is 11.6 Å². The average molecular weight is 242 g/mol. The fourth-order valence-electron chi connectivity index (χ4n) is 1.80. The highest BCUT2D eigenvalue weighted by Gasteiger charge is 2.19. The smallest absolute Gasteiger partial charge is 0.231 e. The van der Waals surface area contributed by atoms with Crippen LogP contribution in [-0.4, -0.2) is 6.79 Å². The van der Waals surface area contributed by atoms with E-state index in [-0.39, 0.29) is 12.8 Å². The number of halogens is 1. The van der Waals surface area contributed by atoms with Crippen LogP contribution in [0.2, 0.25) is 5.02 Å². The highest BCUT2D eigenvalue weighted by Crippen LogP contribution is 2.39. The van der Waals surface area contributed by atoms with Crippen LogP contribution in [0.3, 0.4) is 0 Å². The summed E-state index contributed by atoms with van der Waals surface area (Å²) in [7, 11) is 0. The maximum atomic E-state index is 6.17. The Morgan fingerprint density at radius 3 is 2.75 bits per heavy atom. The molecule has 1 aromatic carbocycles. The van der Waals surface area contributed by atoms with Crippen LogP contribution in [-0.2, 0) is 0 Å². The maximum absolute atomic E-state index is 6.17. The molecular formula is C12H16ClNO2. The maximum Gasteiger partial charge on any atom is 0.231 e. The number of hydrogen-bond acceptors (Lipinski definition) is 3. The second-order valence-corrected chi connectivity index (χ2v) is 4.38. The highest BCUT2D eigenvalue weighted by atomic mass is 35.5. The van der Waals surface area contributed by atoms with E-state index in [0.717, 1.165) is 30.6 Å². The number of fused-ring (bicyclic) bond motifs is 1. The molecule has 1 aliphatic rings. The lowest BCUT2D eigenvalue weighted by Gasteiger charge is -2.13. The van der Waals surface area contributed by atoms with Crippen LogP contribution in [0.1, 0.15) is 37.8 Å². The van der Waals surface area contributed by atoms with Crippen molar-refractivity contribution in [1.29, 1.82) is 0 Å². The lowest BCUT2D eigenvalue weighted by Crippen LogP contribution is -2.10. The fourth-order valence-corrected chi connectivity index (χ4v) is 2.09. The van der Waals surface area contributed by atoms with E-state index in [4.69, 9.17) is 26.8 Å². The third-order valence-electron chi connectivity index (χ3n) is 2.76. The summed E-state index contributed by atoms with van der Waals surface area (Å²) in [5.74, 6) is 1.45. The molecule has 1 aromatic rings. The van der Waals surface area contributed by atoms with Gasteiger partial charge in [0.25, 0.3) is 0 Å². The van der Waals surface area contributed by atoms with Crippen molar-refractivity contribution in [2.75, 3.05) is 6.79 Å². The van der Waals surface area contributed by atoms with E-state index in [0.29, 0.717) is 10.8 Å². The van der Waals surface area contributed by atoms with Crippen LogP contribution in [0.5, 0.6) is 11.5 Å². The van der Waals surface area contributed by atoms with E-state index in [1.807, 2.05) is 6.07 Å². The molecule has 0 saturated heterocycles. The van der Waals surface area contributed by atoms with Gasteiger partial charge < -0.3 is 15.2 Å². The second kappa shape index (κ2) is 4.93. The standard InChI is InChI=1S/C12H16ClNO2/c1-2-3-4-10(14)8-5-11-12(6-9(8)13)16-7-15-11/h5-6,10H,2-4,7,14H2,1H3/t10-/m0/s1. The summed E-state index contributed by atoms with van der Waals surface area (Å²) in [5.41, 5.74) is 7.04. The molecule has 3 nitrogen and oxygen atoms in total. The fraction of sp³-hybridized carbons (Fsp3) is 0.500. The first-order valence-electron chi connectivity index (χ1n) is 5.57. The Morgan fingerprint density at radius 2 is 2.06 bits per heavy atom. The first kappa shape index (κ1) is 11.6. The summed E-state index contributed by atoms with van der Waals surface area (Å²) in [6.45, 7) is 2.41. The third-order valence-corrected chi connectivity index (χ3v) is 3.09. The van der Waals surface area contributed by atoms with Crippen LogP contribution >= 0.6 is 11.6 Å². The molecule has 4 heteroatoms. The van der Waals surface area contributed by atoms with Crippen LogP contribution in [0.15, 0.2) is 12.1 Å². The van der Waals surface area contributed by atoms with E-state index in [2.05, 4.69) is 6.92 Å². The highest BCUT2D eigenvalue weighted by molar-refractivity contribution is 6.31. The van der Waals surface area contributed by atoms with Gasteiger partial charge in [-0.05, 0) is 18.1 Å². The number of benzene rings is 1. The molecule has 1 aliphatic heterocycles. The largest absolute Gasteiger partial charge is 0.454 e. The molecule has 0 saturated carbocycles. The minimum atomic E-state index is -0.0260. The molecule has 1 heterocycles. The molecule has 88 valence electrons. The van der Waals surface area contributed by atoms with Crippen molar-refractivity contribution in [2.24, 2.45) is 5.73 Å². The van der Waals surface area contributed by atoms with Gasteiger partial charge in [0.05, 0.1) is 0 Å². The van der Waals surface area contributed by atoms with Crippen LogP contribution in [0, 0.1) is 0 Å². The Labute approximate surface area is 100 Å². The molecule has 0 amide bonds. The van der Waals surface area contributed by atoms with Gasteiger partial charge in [0.1, 0.15) is 0 Å². The first-order valence-corrected chi connectivity index (χ1v) is 5.94. The lowest BCUT2D eigenvalue weighted by atomic mass is 10.0. The number of ether oxygens (including phenoxy) is 2. The van der Waals surface area contributed by atoms with E-state index in [9.17, 15) is 0 Å². The average Bonchev–Trinajstić information content (AvgIpc) is 2.71. The summed E-state index contributed by atoms with van der Waals surface area (Å²) in [5, 5.41) is 0.660. The number of rotatable bonds is 4. The molecule has 2 N–H and O–H groups in total. The van der Waals surface area contributed by atoms with Crippen LogP contribution < -0.4 is 15.2 Å². The monoisotopic (exact) mass is 241 g/mol. The summed E-state index contributed by atoms with van der Waals surface area (Å²) in [6, 6.07) is 3.65. The van der Waals surface area contributed by atoms with E-state index < -0.39 is 0 Å². The van der Waals surface area contributed by atoms with Crippen molar-refractivity contribution < 1.29 is 9.47 Å². The Kier molecular flexibility index (Phi) is 3.56. The molecule has 1 atom stereocenters. The molecule has 0 bridgehead atoms. The lowest BCUT2D eigenvalue weighted by molar-refractivity contribution is 0.174. The molecule has 0 radical (unpaired) electrons. The van der Waals surface area contributed by atoms with Crippen molar-refractivity contribution in [2.45, 2.75) is 32.2 Å². The van der Waals surface area contributed by atoms with E-state index >= 15 is 0 Å². The van der Waals surface area contributed by atoms with Crippen LogP contribution in [0.4, 0.5) is 0 Å². The Bertz CT molecular complexity index is 382. The molecule has 2 rings (SSSR count). The quantitative estimate of drug-likeness (QED) is 0.880. The number of nitrogens with two attached hydrogens (primary N) is 1. The summed E-state index contributed by atoms with van der Waals surface area (Å²) in [4.78, 5) is 0. The Hall–Kier alpha value is -0.930. The van der Waals surface area contributed by atoms with Gasteiger partial charge in [-0.15, -0.1) is 0 Å². The van der Waals surface area contributed by atoms with Crippen molar-refractivity contribution in [3.05, 3.63) is 22.7 Å². The second-order valence-electron chi connectivity index (χ2n) is 3.98. The zero-order valence-electron chi connectivity index (χ0n) is 9.33. The first-order chi connectivity index (χ1) is 7.72. The van der Waals surface area contributed by atoms with Gasteiger partial charge in [-0.3, -0.25) is 0 Å². The molecule has 0 spiro atoms.